The van der Waals surface area contributed by atoms with Crippen LogP contribution < -0.4 is 10.1 Å². The van der Waals surface area contributed by atoms with Crippen molar-refractivity contribution in [2.45, 2.75) is 0 Å². The van der Waals surface area contributed by atoms with Crippen LogP contribution in [0.2, 0.25) is 0 Å². The van der Waals surface area contributed by atoms with Crippen molar-refractivity contribution in [2.75, 3.05) is 12.4 Å². The first kappa shape index (κ1) is 15.9. The molecule has 128 valence electrons. The van der Waals surface area contributed by atoms with Gasteiger partial charge in [-0.1, -0.05) is 30.3 Å². The highest BCUT2D eigenvalue weighted by atomic mass is 16.5. The van der Waals surface area contributed by atoms with Crippen molar-refractivity contribution in [3.63, 3.8) is 0 Å². The van der Waals surface area contributed by atoms with Gasteiger partial charge in [-0.05, 0) is 29.8 Å². The second-order valence-corrected chi connectivity index (χ2v) is 5.92. The number of aromatic hydroxyl groups is 1. The van der Waals surface area contributed by atoms with Gasteiger partial charge in [0.15, 0.2) is 0 Å². The van der Waals surface area contributed by atoms with E-state index in [9.17, 15) is 9.90 Å². The van der Waals surface area contributed by atoms with E-state index in [2.05, 4.69) is 10.3 Å². The minimum atomic E-state index is -0.215. The zero-order chi connectivity index (χ0) is 18.1. The highest BCUT2D eigenvalue weighted by molar-refractivity contribution is 6.34. The number of hydrogen-bond donors (Lipinski definition) is 2. The summed E-state index contributed by atoms with van der Waals surface area (Å²) >= 11 is 0. The summed E-state index contributed by atoms with van der Waals surface area (Å²) in [7, 11) is 1.52. The summed E-state index contributed by atoms with van der Waals surface area (Å²) in [6.07, 6.45) is 3.49. The van der Waals surface area contributed by atoms with Gasteiger partial charge >= 0.3 is 0 Å². The Kier molecular flexibility index (Phi) is 3.89. The molecule has 26 heavy (non-hydrogen) atoms. The Balaban J connectivity index is 1.82. The first-order valence-corrected chi connectivity index (χ1v) is 8.11. The molecule has 0 spiro atoms. The van der Waals surface area contributed by atoms with E-state index in [1.165, 1.54) is 13.2 Å². The maximum atomic E-state index is 12.4. The van der Waals surface area contributed by atoms with Crippen molar-refractivity contribution in [2.24, 2.45) is 0 Å². The molecule has 0 bridgehead atoms. The van der Waals surface area contributed by atoms with E-state index in [-0.39, 0.29) is 11.7 Å². The number of anilines is 1. The molecule has 4 rings (SSSR count). The zero-order valence-corrected chi connectivity index (χ0v) is 14.1. The van der Waals surface area contributed by atoms with Crippen LogP contribution in [0.15, 0.2) is 60.8 Å². The molecule has 0 saturated heterocycles. The third-order valence-corrected chi connectivity index (χ3v) is 4.28. The predicted octanol–water partition coefficient (Wildman–Crippen LogP) is 3.96. The van der Waals surface area contributed by atoms with Crippen molar-refractivity contribution >= 4 is 23.4 Å². The van der Waals surface area contributed by atoms with Gasteiger partial charge in [0.1, 0.15) is 17.3 Å². The van der Waals surface area contributed by atoms with E-state index in [4.69, 9.17) is 4.74 Å². The molecule has 0 radical (unpaired) electrons. The van der Waals surface area contributed by atoms with Crippen molar-refractivity contribution < 1.29 is 14.6 Å². The lowest BCUT2D eigenvalue weighted by molar-refractivity contribution is -0.110. The van der Waals surface area contributed by atoms with Crippen molar-refractivity contribution in [1.29, 1.82) is 0 Å². The molecule has 1 aromatic heterocycles. The van der Waals surface area contributed by atoms with Gasteiger partial charge in [0.05, 0.1) is 12.7 Å². The van der Waals surface area contributed by atoms with Crippen LogP contribution in [0.4, 0.5) is 5.82 Å². The topological polar surface area (TPSA) is 71.5 Å². The number of rotatable bonds is 3. The molecule has 0 aliphatic carbocycles. The molecule has 2 N–H and O–H groups in total. The Bertz CT molecular complexity index is 1030. The summed E-state index contributed by atoms with van der Waals surface area (Å²) in [4.78, 5) is 16.8. The monoisotopic (exact) mass is 344 g/mol. The predicted molar refractivity (Wildman–Crippen MR) is 101 cm³/mol. The number of methoxy groups -OCH3 is 1. The number of aromatic nitrogens is 1. The van der Waals surface area contributed by atoms with Gasteiger partial charge < -0.3 is 15.2 Å². The molecular formula is C21H16N2O3. The number of phenolic OH excluding ortho intramolecular Hbond substituents is 1. The molecule has 2 aromatic carbocycles. The molecule has 5 heteroatoms. The van der Waals surface area contributed by atoms with Crippen LogP contribution in [-0.4, -0.2) is 23.1 Å². The summed E-state index contributed by atoms with van der Waals surface area (Å²) < 4.78 is 5.30. The third-order valence-electron chi connectivity index (χ3n) is 4.28. The van der Waals surface area contributed by atoms with Gasteiger partial charge in [0, 0.05) is 29.0 Å². The molecule has 1 amide bonds. The summed E-state index contributed by atoms with van der Waals surface area (Å²) in [5.74, 6) is 0.922. The first-order chi connectivity index (χ1) is 12.7. The number of carbonyl (C=O) groups is 1. The van der Waals surface area contributed by atoms with Crippen LogP contribution >= 0.6 is 0 Å². The van der Waals surface area contributed by atoms with Gasteiger partial charge in [0.25, 0.3) is 5.91 Å². The van der Waals surface area contributed by atoms with Crippen LogP contribution in [0.25, 0.3) is 22.8 Å². The van der Waals surface area contributed by atoms with Crippen molar-refractivity contribution in [3.05, 3.63) is 71.9 Å². The SMILES string of the molecule is COc1cc(O)ccc1/C=C1/C(=O)Nc2ncc(-c3ccccc3)cc21. The van der Waals surface area contributed by atoms with Crippen molar-refractivity contribution in [1.82, 2.24) is 4.98 Å². The normalized spacial score (nSPS) is 14.2. The van der Waals surface area contributed by atoms with Gasteiger partial charge in [-0.25, -0.2) is 4.98 Å². The Morgan fingerprint density at radius 3 is 2.65 bits per heavy atom. The first-order valence-electron chi connectivity index (χ1n) is 8.11. The maximum Gasteiger partial charge on any atom is 0.257 e. The number of hydrogen-bond acceptors (Lipinski definition) is 4. The molecule has 0 saturated carbocycles. The number of nitrogens with zero attached hydrogens (tertiary/aromatic N) is 1. The number of benzene rings is 2. The minimum absolute atomic E-state index is 0.105. The van der Waals surface area contributed by atoms with Gasteiger partial charge in [0.2, 0.25) is 0 Å². The Morgan fingerprint density at radius 2 is 1.88 bits per heavy atom. The van der Waals surface area contributed by atoms with Crippen LogP contribution in [0, 0.1) is 0 Å². The van der Waals surface area contributed by atoms with E-state index in [0.717, 1.165) is 16.7 Å². The van der Waals surface area contributed by atoms with Crippen LogP contribution in [-0.2, 0) is 4.79 Å². The summed E-state index contributed by atoms with van der Waals surface area (Å²) in [6.45, 7) is 0. The van der Waals surface area contributed by atoms with Crippen molar-refractivity contribution in [3.8, 4) is 22.6 Å². The number of ether oxygens (including phenoxy) is 1. The minimum Gasteiger partial charge on any atom is -0.508 e. The molecule has 1 aliphatic rings. The van der Waals surface area contributed by atoms with E-state index < -0.39 is 0 Å². The number of amides is 1. The highest BCUT2D eigenvalue weighted by Gasteiger charge is 2.26. The third kappa shape index (κ3) is 2.80. The zero-order valence-electron chi connectivity index (χ0n) is 14.1. The number of carbonyl (C=O) groups excluding carboxylic acids is 1. The molecule has 5 nitrogen and oxygen atoms in total. The Morgan fingerprint density at radius 1 is 1.08 bits per heavy atom. The number of phenols is 1. The quantitative estimate of drug-likeness (QED) is 0.706. The number of fused-ring (bicyclic) bond motifs is 1. The van der Waals surface area contributed by atoms with E-state index in [1.54, 1.807) is 24.4 Å². The highest BCUT2D eigenvalue weighted by Crippen LogP contribution is 2.36. The lowest BCUT2D eigenvalue weighted by atomic mass is 10.0. The molecular weight excluding hydrogens is 328 g/mol. The van der Waals surface area contributed by atoms with Gasteiger partial charge in [-0.15, -0.1) is 0 Å². The number of pyridine rings is 1. The fourth-order valence-electron chi connectivity index (χ4n) is 2.97. The van der Waals surface area contributed by atoms with Gasteiger partial charge in [-0.2, -0.15) is 0 Å². The Hall–Kier alpha value is -3.60. The summed E-state index contributed by atoms with van der Waals surface area (Å²) in [6, 6.07) is 16.6. The lowest BCUT2D eigenvalue weighted by Gasteiger charge is -2.07. The van der Waals surface area contributed by atoms with Gasteiger partial charge in [-0.3, -0.25) is 4.79 Å². The summed E-state index contributed by atoms with van der Waals surface area (Å²) in [5.41, 5.74) is 3.92. The fourth-order valence-corrected chi connectivity index (χ4v) is 2.97. The molecule has 0 unspecified atom stereocenters. The molecule has 0 atom stereocenters. The van der Waals surface area contributed by atoms with Crippen LogP contribution in [0.1, 0.15) is 11.1 Å². The average molecular weight is 344 g/mol. The second kappa shape index (κ2) is 6.37. The lowest BCUT2D eigenvalue weighted by Crippen LogP contribution is -2.04. The maximum absolute atomic E-state index is 12.4. The molecule has 3 aromatic rings. The fraction of sp³-hybridized carbons (Fsp3) is 0.0476. The largest absolute Gasteiger partial charge is 0.508 e. The molecule has 1 aliphatic heterocycles. The van der Waals surface area contributed by atoms with Crippen LogP contribution in [0.5, 0.6) is 11.5 Å². The Labute approximate surface area is 150 Å². The van der Waals surface area contributed by atoms with E-state index >= 15 is 0 Å². The molecule has 0 fully saturated rings. The molecule has 2 heterocycles. The van der Waals surface area contributed by atoms with E-state index in [1.807, 2.05) is 36.4 Å². The average Bonchev–Trinajstić information content (AvgIpc) is 2.98. The van der Waals surface area contributed by atoms with E-state index in [0.29, 0.717) is 22.7 Å². The number of nitrogens with one attached hydrogen (secondary N) is 1. The smallest absolute Gasteiger partial charge is 0.257 e. The standard InChI is InChI=1S/C21H16N2O3/c1-26-19-11-16(24)8-7-14(19)9-18-17-10-15(13-5-3-2-4-6-13)12-22-20(17)23-21(18)25/h2-12,24H,1H3,(H,22,23,25)/b18-9+. The van der Waals surface area contributed by atoms with Crippen LogP contribution in [0.3, 0.4) is 0 Å². The summed E-state index contributed by atoms with van der Waals surface area (Å²) in [5, 5.41) is 12.4. The second-order valence-electron chi connectivity index (χ2n) is 5.92.